The van der Waals surface area contributed by atoms with Crippen LogP contribution >= 0.6 is 23.1 Å². The molecule has 1 aromatic carbocycles. The van der Waals surface area contributed by atoms with Gasteiger partial charge < -0.3 is 15.7 Å². The van der Waals surface area contributed by atoms with Crippen LogP contribution in [0.25, 0.3) is 10.3 Å². The lowest BCUT2D eigenvalue weighted by Crippen LogP contribution is -2.35. The molecule has 0 unspecified atom stereocenters. The zero-order valence-electron chi connectivity index (χ0n) is 17.5. The number of hydrogen-bond donors (Lipinski definition) is 3. The smallest absolute Gasteiger partial charge is 0.191 e. The number of thioether (sulfide) groups is 1. The Bertz CT molecular complexity index is 1050. The van der Waals surface area contributed by atoms with Gasteiger partial charge in [0.25, 0.3) is 0 Å². The van der Waals surface area contributed by atoms with Crippen LogP contribution in [0.1, 0.15) is 40.2 Å². The second kappa shape index (κ2) is 8.60. The molecule has 0 saturated heterocycles. The fourth-order valence-corrected chi connectivity index (χ4v) is 4.36. The molecule has 162 valence electrons. The fourth-order valence-electron chi connectivity index (χ4n) is 2.49. The maximum atomic E-state index is 14.0. The average Bonchev–Trinajstić information content (AvgIpc) is 3.03. The molecule has 6 nitrogen and oxygen atoms in total. The third-order valence-corrected chi connectivity index (χ3v) is 5.82. The van der Waals surface area contributed by atoms with Crippen LogP contribution in [-0.4, -0.2) is 37.7 Å². The first-order valence-electron chi connectivity index (χ1n) is 9.39. The quantitative estimate of drug-likeness (QED) is 0.341. The van der Waals surface area contributed by atoms with Gasteiger partial charge in [0, 0.05) is 16.9 Å². The Morgan fingerprint density at radius 2 is 1.80 bits per heavy atom. The average molecular weight is 454 g/mol. The Hall–Kier alpha value is -2.04. The number of benzene rings is 1. The van der Waals surface area contributed by atoms with Gasteiger partial charge in [0.2, 0.25) is 0 Å². The van der Waals surface area contributed by atoms with Crippen molar-refractivity contribution in [3.8, 4) is 0 Å². The highest BCUT2D eigenvalue weighted by atomic mass is 32.2. The number of thiazole rings is 1. The second-order valence-corrected chi connectivity index (χ2v) is 10.5. The van der Waals surface area contributed by atoms with Crippen molar-refractivity contribution in [2.45, 2.75) is 56.6 Å². The van der Waals surface area contributed by atoms with Crippen LogP contribution in [0.4, 0.5) is 19.7 Å². The van der Waals surface area contributed by atoms with Crippen LogP contribution in [0.3, 0.4) is 0 Å². The summed E-state index contributed by atoms with van der Waals surface area (Å²) in [5.41, 5.74) is -0.0481. The van der Waals surface area contributed by atoms with E-state index in [1.165, 1.54) is 35.2 Å². The predicted octanol–water partition coefficient (Wildman–Crippen LogP) is 5.05. The Kier molecular flexibility index (Phi) is 6.49. The van der Waals surface area contributed by atoms with Crippen molar-refractivity contribution in [2.75, 3.05) is 17.2 Å². The van der Waals surface area contributed by atoms with E-state index in [1.807, 2.05) is 34.6 Å². The zero-order valence-corrected chi connectivity index (χ0v) is 19.1. The molecule has 0 radical (unpaired) electrons. The number of rotatable bonds is 7. The number of aromatic nitrogens is 3. The number of hydrogen-bond acceptors (Lipinski definition) is 8. The van der Waals surface area contributed by atoms with Gasteiger partial charge in [0.1, 0.15) is 4.70 Å². The van der Waals surface area contributed by atoms with Crippen molar-refractivity contribution >= 4 is 44.4 Å². The Morgan fingerprint density at radius 3 is 2.47 bits per heavy atom. The summed E-state index contributed by atoms with van der Waals surface area (Å²) in [5, 5.41) is 17.3. The molecular formula is C20H25F2N5OS2. The van der Waals surface area contributed by atoms with Gasteiger partial charge in [-0.1, -0.05) is 35.2 Å². The maximum absolute atomic E-state index is 14.0. The number of aliphatic hydroxyl groups is 1. The monoisotopic (exact) mass is 453 g/mol. The minimum atomic E-state index is -0.881. The van der Waals surface area contributed by atoms with Crippen molar-refractivity contribution in [1.29, 1.82) is 0 Å². The van der Waals surface area contributed by atoms with E-state index in [-0.39, 0.29) is 23.5 Å². The molecule has 0 spiro atoms. The normalized spacial score (nSPS) is 12.4. The van der Waals surface area contributed by atoms with Crippen molar-refractivity contribution in [1.82, 2.24) is 15.0 Å². The fraction of sp³-hybridized carbons (Fsp3) is 0.450. The second-order valence-electron chi connectivity index (χ2n) is 8.57. The van der Waals surface area contributed by atoms with Gasteiger partial charge in [-0.2, -0.15) is 4.98 Å². The van der Waals surface area contributed by atoms with Gasteiger partial charge in [-0.15, -0.1) is 0 Å². The first-order chi connectivity index (χ1) is 14.0. The molecule has 30 heavy (non-hydrogen) atoms. The minimum Gasteiger partial charge on any atom is -0.394 e. The molecule has 0 amide bonds. The first kappa shape index (κ1) is 22.6. The van der Waals surface area contributed by atoms with E-state index in [0.717, 1.165) is 10.8 Å². The Morgan fingerprint density at radius 1 is 1.07 bits per heavy atom. The molecule has 0 aliphatic rings. The molecular weight excluding hydrogens is 428 g/mol. The summed E-state index contributed by atoms with van der Waals surface area (Å²) in [7, 11) is 0. The van der Waals surface area contributed by atoms with Crippen LogP contribution in [0.5, 0.6) is 0 Å². The summed E-state index contributed by atoms with van der Waals surface area (Å²) < 4.78 is 28.2. The summed E-state index contributed by atoms with van der Waals surface area (Å²) in [6.45, 7) is 9.71. The van der Waals surface area contributed by atoms with Crippen molar-refractivity contribution in [3.63, 3.8) is 0 Å². The van der Waals surface area contributed by atoms with Crippen LogP contribution in [-0.2, 0) is 5.75 Å². The van der Waals surface area contributed by atoms with Gasteiger partial charge in [0.05, 0.1) is 12.1 Å². The van der Waals surface area contributed by atoms with Gasteiger partial charge in [-0.05, 0) is 40.7 Å². The van der Waals surface area contributed by atoms with Gasteiger partial charge in [-0.3, -0.25) is 0 Å². The van der Waals surface area contributed by atoms with E-state index in [1.54, 1.807) is 0 Å². The standard InChI is InChI=1S/C20H25F2N5OS2/c1-19(2,3)27-18-24-15-14(30-18)16(26-20(4,5)10-28)25-17(23-15)29-9-11-7-6-8-12(21)13(11)22/h6-8,28H,9-10H2,1-5H3,(H2,23,24,25,26,27). The van der Waals surface area contributed by atoms with E-state index in [9.17, 15) is 13.9 Å². The number of fused-ring (bicyclic) bond motifs is 1. The summed E-state index contributed by atoms with van der Waals surface area (Å²) >= 11 is 2.61. The van der Waals surface area contributed by atoms with Gasteiger partial charge in [-0.25, -0.2) is 18.7 Å². The van der Waals surface area contributed by atoms with E-state index < -0.39 is 17.2 Å². The molecule has 2 aromatic heterocycles. The van der Waals surface area contributed by atoms with Crippen LogP contribution in [0.2, 0.25) is 0 Å². The summed E-state index contributed by atoms with van der Waals surface area (Å²) in [6.07, 6.45) is 0. The van der Waals surface area contributed by atoms with Crippen molar-refractivity contribution < 1.29 is 13.9 Å². The van der Waals surface area contributed by atoms with E-state index in [2.05, 4.69) is 25.6 Å². The van der Waals surface area contributed by atoms with E-state index >= 15 is 0 Å². The molecule has 0 fully saturated rings. The third-order valence-electron chi connectivity index (χ3n) is 3.96. The number of aliphatic hydroxyl groups excluding tert-OH is 1. The van der Waals surface area contributed by atoms with Crippen LogP contribution in [0.15, 0.2) is 23.4 Å². The molecule has 0 saturated carbocycles. The summed E-state index contributed by atoms with van der Waals surface area (Å²) in [6, 6.07) is 4.09. The molecule has 0 bridgehead atoms. The highest BCUT2D eigenvalue weighted by Gasteiger charge is 2.22. The molecule has 0 aliphatic carbocycles. The highest BCUT2D eigenvalue weighted by Crippen LogP contribution is 2.35. The van der Waals surface area contributed by atoms with E-state index in [0.29, 0.717) is 21.8 Å². The van der Waals surface area contributed by atoms with Crippen molar-refractivity contribution in [3.05, 3.63) is 35.4 Å². The van der Waals surface area contributed by atoms with Crippen LogP contribution in [0, 0.1) is 11.6 Å². The molecule has 3 N–H and O–H groups in total. The SMILES string of the molecule is CC(C)(C)Nc1nc2nc(SCc3cccc(F)c3F)nc(NC(C)(C)CO)c2s1. The number of nitrogens with one attached hydrogen (secondary N) is 2. The number of anilines is 2. The first-order valence-corrected chi connectivity index (χ1v) is 11.2. The van der Waals surface area contributed by atoms with E-state index in [4.69, 9.17) is 0 Å². The predicted molar refractivity (Wildman–Crippen MR) is 119 cm³/mol. The topological polar surface area (TPSA) is 83.0 Å². The number of halogens is 2. The molecule has 0 aliphatic heterocycles. The third kappa shape index (κ3) is 5.55. The lowest BCUT2D eigenvalue weighted by molar-refractivity contribution is 0.234. The Balaban J connectivity index is 1.96. The highest BCUT2D eigenvalue weighted by molar-refractivity contribution is 7.98. The summed E-state index contributed by atoms with van der Waals surface area (Å²) in [5.74, 6) is -1.03. The van der Waals surface area contributed by atoms with Crippen molar-refractivity contribution in [2.24, 2.45) is 0 Å². The lowest BCUT2D eigenvalue weighted by Gasteiger charge is -2.24. The molecule has 3 rings (SSSR count). The lowest BCUT2D eigenvalue weighted by atomic mass is 10.1. The Labute approximate surface area is 182 Å². The largest absolute Gasteiger partial charge is 0.394 e. The molecule has 0 atom stereocenters. The molecule has 2 heterocycles. The van der Waals surface area contributed by atoms with Gasteiger partial charge in [0.15, 0.2) is 33.4 Å². The molecule has 3 aromatic rings. The van der Waals surface area contributed by atoms with Crippen LogP contribution < -0.4 is 10.6 Å². The number of nitrogens with zero attached hydrogens (tertiary/aromatic N) is 3. The van der Waals surface area contributed by atoms with Gasteiger partial charge >= 0.3 is 0 Å². The molecule has 10 heteroatoms. The zero-order chi connectivity index (χ0) is 22.1. The minimum absolute atomic E-state index is 0.0959. The maximum Gasteiger partial charge on any atom is 0.191 e. The summed E-state index contributed by atoms with van der Waals surface area (Å²) in [4.78, 5) is 13.6.